The van der Waals surface area contributed by atoms with Gasteiger partial charge in [-0.05, 0) is 26.3 Å². The normalized spacial score (nSPS) is 14.9. The molecule has 1 aromatic rings. The molecule has 0 aliphatic heterocycles. The van der Waals surface area contributed by atoms with E-state index in [4.69, 9.17) is 5.73 Å². The summed E-state index contributed by atoms with van der Waals surface area (Å²) in [6, 6.07) is 9.41. The first-order valence-corrected chi connectivity index (χ1v) is 6.05. The fraction of sp³-hybridized carbons (Fsp3) is 0.500. The number of aliphatic hydroxyl groups excluding tert-OH is 1. The summed E-state index contributed by atoms with van der Waals surface area (Å²) in [6.45, 7) is 5.46. The number of carbonyl (C=O) groups is 1. The lowest BCUT2D eigenvalue weighted by Crippen LogP contribution is -2.52. The first kappa shape index (κ1) is 14.7. The van der Waals surface area contributed by atoms with E-state index >= 15 is 0 Å². The fourth-order valence-corrected chi connectivity index (χ4v) is 1.52. The maximum atomic E-state index is 12.1. The zero-order valence-electron chi connectivity index (χ0n) is 11.2. The summed E-state index contributed by atoms with van der Waals surface area (Å²) >= 11 is 0. The molecule has 0 aromatic heterocycles. The summed E-state index contributed by atoms with van der Waals surface area (Å²) in [5, 5.41) is 12.5. The van der Waals surface area contributed by atoms with E-state index in [0.717, 1.165) is 5.56 Å². The summed E-state index contributed by atoms with van der Waals surface area (Å²) in [4.78, 5) is 12.1. The second-order valence-electron chi connectivity index (χ2n) is 5.40. The van der Waals surface area contributed by atoms with Crippen molar-refractivity contribution < 1.29 is 9.90 Å². The molecule has 0 radical (unpaired) electrons. The van der Waals surface area contributed by atoms with Crippen LogP contribution >= 0.6 is 0 Å². The minimum atomic E-state index is -0.787. The number of aliphatic hydroxyl groups is 1. The van der Waals surface area contributed by atoms with Crippen LogP contribution in [0.3, 0.4) is 0 Å². The van der Waals surface area contributed by atoms with Crippen molar-refractivity contribution in [3.05, 3.63) is 35.9 Å². The molecule has 18 heavy (non-hydrogen) atoms. The van der Waals surface area contributed by atoms with Crippen LogP contribution in [-0.4, -0.2) is 24.2 Å². The highest BCUT2D eigenvalue weighted by Gasteiger charge is 2.34. The highest BCUT2D eigenvalue weighted by atomic mass is 16.3. The SMILES string of the molecule is CC(C)(CN)C(=O)NC(C)(CO)c1ccccc1. The van der Waals surface area contributed by atoms with Gasteiger partial charge in [0.2, 0.25) is 5.91 Å². The van der Waals surface area contributed by atoms with Gasteiger partial charge in [-0.25, -0.2) is 0 Å². The Hall–Kier alpha value is -1.39. The molecule has 0 aliphatic carbocycles. The van der Waals surface area contributed by atoms with Gasteiger partial charge in [-0.1, -0.05) is 30.3 Å². The van der Waals surface area contributed by atoms with Gasteiger partial charge in [0.25, 0.3) is 0 Å². The number of rotatable bonds is 5. The molecule has 4 heteroatoms. The molecule has 0 spiro atoms. The van der Waals surface area contributed by atoms with Gasteiger partial charge in [0.05, 0.1) is 17.6 Å². The van der Waals surface area contributed by atoms with Crippen molar-refractivity contribution in [2.24, 2.45) is 11.1 Å². The molecule has 1 rings (SSSR count). The van der Waals surface area contributed by atoms with Crippen LogP contribution < -0.4 is 11.1 Å². The monoisotopic (exact) mass is 250 g/mol. The van der Waals surface area contributed by atoms with Gasteiger partial charge in [-0.2, -0.15) is 0 Å². The zero-order chi connectivity index (χ0) is 13.8. The van der Waals surface area contributed by atoms with Crippen LogP contribution in [-0.2, 0) is 10.3 Å². The lowest BCUT2D eigenvalue weighted by molar-refractivity contribution is -0.131. The second kappa shape index (κ2) is 5.50. The molecule has 1 aromatic carbocycles. The lowest BCUT2D eigenvalue weighted by atomic mass is 9.88. The van der Waals surface area contributed by atoms with Crippen LogP contribution in [0.2, 0.25) is 0 Å². The minimum Gasteiger partial charge on any atom is -0.394 e. The molecule has 4 N–H and O–H groups in total. The number of nitrogens with two attached hydrogens (primary N) is 1. The Morgan fingerprint density at radius 3 is 2.28 bits per heavy atom. The summed E-state index contributed by atoms with van der Waals surface area (Å²) in [7, 11) is 0. The highest BCUT2D eigenvalue weighted by Crippen LogP contribution is 2.22. The topological polar surface area (TPSA) is 75.4 Å². The first-order valence-electron chi connectivity index (χ1n) is 6.05. The van der Waals surface area contributed by atoms with E-state index in [1.807, 2.05) is 30.3 Å². The van der Waals surface area contributed by atoms with E-state index < -0.39 is 11.0 Å². The average Bonchev–Trinajstić information content (AvgIpc) is 2.39. The number of hydrogen-bond acceptors (Lipinski definition) is 3. The van der Waals surface area contributed by atoms with Crippen LogP contribution in [0.25, 0.3) is 0 Å². The third-order valence-corrected chi connectivity index (χ3v) is 3.24. The maximum absolute atomic E-state index is 12.1. The summed E-state index contributed by atoms with van der Waals surface area (Å²) < 4.78 is 0. The zero-order valence-corrected chi connectivity index (χ0v) is 11.2. The fourth-order valence-electron chi connectivity index (χ4n) is 1.52. The van der Waals surface area contributed by atoms with Gasteiger partial charge in [0.1, 0.15) is 0 Å². The molecule has 4 nitrogen and oxygen atoms in total. The molecule has 0 aliphatic rings. The summed E-state index contributed by atoms with van der Waals surface area (Å²) in [5.41, 5.74) is 5.02. The molecule has 1 unspecified atom stereocenters. The number of carbonyl (C=O) groups excluding carboxylic acids is 1. The van der Waals surface area contributed by atoms with E-state index in [-0.39, 0.29) is 19.1 Å². The third kappa shape index (κ3) is 3.09. The van der Waals surface area contributed by atoms with Gasteiger partial charge in [-0.3, -0.25) is 4.79 Å². The predicted octanol–water partition coefficient (Wildman–Crippen LogP) is 0.995. The minimum absolute atomic E-state index is 0.162. The Morgan fingerprint density at radius 2 is 1.83 bits per heavy atom. The van der Waals surface area contributed by atoms with Gasteiger partial charge >= 0.3 is 0 Å². The Labute approximate surface area is 108 Å². The molecule has 0 saturated carbocycles. The van der Waals surface area contributed by atoms with E-state index in [1.165, 1.54) is 0 Å². The summed E-state index contributed by atoms with van der Waals surface area (Å²) in [6.07, 6.45) is 0. The van der Waals surface area contributed by atoms with E-state index in [2.05, 4.69) is 5.32 Å². The van der Waals surface area contributed by atoms with Gasteiger partial charge in [-0.15, -0.1) is 0 Å². The Balaban J connectivity index is 2.95. The smallest absolute Gasteiger partial charge is 0.227 e. The van der Waals surface area contributed by atoms with Gasteiger partial charge < -0.3 is 16.2 Å². The van der Waals surface area contributed by atoms with E-state index in [9.17, 15) is 9.90 Å². The number of nitrogens with one attached hydrogen (secondary N) is 1. The van der Waals surface area contributed by atoms with Crippen molar-refractivity contribution >= 4 is 5.91 Å². The molecule has 0 saturated heterocycles. The molecule has 100 valence electrons. The maximum Gasteiger partial charge on any atom is 0.227 e. The number of amides is 1. The van der Waals surface area contributed by atoms with Gasteiger partial charge in [0.15, 0.2) is 0 Å². The largest absolute Gasteiger partial charge is 0.394 e. The molecule has 1 atom stereocenters. The van der Waals surface area contributed by atoms with Crippen molar-refractivity contribution in [1.29, 1.82) is 0 Å². The number of hydrogen-bond donors (Lipinski definition) is 3. The lowest BCUT2D eigenvalue weighted by Gasteiger charge is -2.33. The second-order valence-corrected chi connectivity index (χ2v) is 5.40. The van der Waals surface area contributed by atoms with Gasteiger partial charge in [0, 0.05) is 6.54 Å². The number of benzene rings is 1. The van der Waals surface area contributed by atoms with Crippen molar-refractivity contribution in [3.8, 4) is 0 Å². The Kier molecular flexibility index (Phi) is 4.48. The van der Waals surface area contributed by atoms with Crippen LogP contribution in [0, 0.1) is 5.41 Å². The molecular weight excluding hydrogens is 228 g/mol. The van der Waals surface area contributed by atoms with Crippen LogP contribution in [0.4, 0.5) is 0 Å². The molecule has 0 heterocycles. The Bertz CT molecular complexity index is 404. The van der Waals surface area contributed by atoms with E-state index in [1.54, 1.807) is 20.8 Å². The van der Waals surface area contributed by atoms with Crippen LogP contribution in [0.1, 0.15) is 26.3 Å². The first-order chi connectivity index (χ1) is 8.35. The van der Waals surface area contributed by atoms with E-state index in [0.29, 0.717) is 0 Å². The van der Waals surface area contributed by atoms with Crippen LogP contribution in [0.15, 0.2) is 30.3 Å². The predicted molar refractivity (Wildman–Crippen MR) is 71.9 cm³/mol. The quantitative estimate of drug-likeness (QED) is 0.729. The van der Waals surface area contributed by atoms with Crippen molar-refractivity contribution in [2.45, 2.75) is 26.3 Å². The molecular formula is C14H22N2O2. The van der Waals surface area contributed by atoms with Crippen molar-refractivity contribution in [2.75, 3.05) is 13.2 Å². The van der Waals surface area contributed by atoms with Crippen molar-refractivity contribution in [1.82, 2.24) is 5.32 Å². The molecule has 1 amide bonds. The average molecular weight is 250 g/mol. The summed E-state index contributed by atoms with van der Waals surface area (Å²) in [5.74, 6) is -0.162. The highest BCUT2D eigenvalue weighted by molar-refractivity contribution is 5.83. The van der Waals surface area contributed by atoms with Crippen LogP contribution in [0.5, 0.6) is 0 Å². The third-order valence-electron chi connectivity index (χ3n) is 3.24. The molecule has 0 bridgehead atoms. The standard InChI is InChI=1S/C14H22N2O2/c1-13(2,9-15)12(18)16-14(3,10-17)11-7-5-4-6-8-11/h4-8,17H,9-10,15H2,1-3H3,(H,16,18). The molecule has 0 fully saturated rings. The Morgan fingerprint density at radius 1 is 1.28 bits per heavy atom. The van der Waals surface area contributed by atoms with Crippen molar-refractivity contribution in [3.63, 3.8) is 0 Å².